The number of benzene rings is 1. The van der Waals surface area contributed by atoms with Crippen LogP contribution in [0.4, 0.5) is 16.5 Å². The highest BCUT2D eigenvalue weighted by molar-refractivity contribution is 5.91. The van der Waals surface area contributed by atoms with Crippen molar-refractivity contribution in [2.75, 3.05) is 37.5 Å². The molecule has 7 heteroatoms. The molecule has 0 radical (unpaired) electrons. The van der Waals surface area contributed by atoms with Gasteiger partial charge >= 0.3 is 6.03 Å². The van der Waals surface area contributed by atoms with Crippen molar-refractivity contribution >= 4 is 28.8 Å². The summed E-state index contributed by atoms with van der Waals surface area (Å²) in [5.41, 5.74) is 2.11. The van der Waals surface area contributed by atoms with E-state index >= 15 is 0 Å². The molecule has 0 saturated heterocycles. The first-order valence-corrected chi connectivity index (χ1v) is 8.25. The predicted molar refractivity (Wildman–Crippen MR) is 93.3 cm³/mol. The second kappa shape index (κ2) is 6.68. The van der Waals surface area contributed by atoms with Crippen LogP contribution in [-0.2, 0) is 0 Å². The first-order valence-electron chi connectivity index (χ1n) is 8.25. The van der Waals surface area contributed by atoms with E-state index in [4.69, 9.17) is 9.52 Å². The summed E-state index contributed by atoms with van der Waals surface area (Å²) in [5.74, 6) is 0. The van der Waals surface area contributed by atoms with E-state index in [2.05, 4.69) is 15.6 Å². The number of fused-ring (bicyclic) bond motifs is 1. The van der Waals surface area contributed by atoms with Crippen LogP contribution in [0, 0.1) is 5.41 Å². The summed E-state index contributed by atoms with van der Waals surface area (Å²) >= 11 is 0. The number of nitrogens with zero attached hydrogens (tertiary/aromatic N) is 2. The molecule has 3 N–H and O–H groups in total. The number of anilines is 2. The fourth-order valence-corrected chi connectivity index (χ4v) is 3.05. The largest absolute Gasteiger partial charge is 0.423 e. The Morgan fingerprint density at radius 2 is 2.21 bits per heavy atom. The molecule has 0 bridgehead atoms. The number of aromatic nitrogens is 1. The van der Waals surface area contributed by atoms with Crippen LogP contribution in [0.5, 0.6) is 0 Å². The molecular weight excluding hydrogens is 308 g/mol. The number of aliphatic hydroxyl groups is 1. The van der Waals surface area contributed by atoms with Gasteiger partial charge in [0.1, 0.15) is 5.52 Å². The molecule has 1 aliphatic carbocycles. The van der Waals surface area contributed by atoms with Gasteiger partial charge in [0.25, 0.3) is 6.01 Å². The molecule has 1 heterocycles. The number of nitrogens with one attached hydrogen (secondary N) is 2. The Labute approximate surface area is 141 Å². The van der Waals surface area contributed by atoms with Crippen LogP contribution in [0.25, 0.3) is 11.1 Å². The Bertz CT molecular complexity index is 722. The molecule has 1 saturated carbocycles. The highest BCUT2D eigenvalue weighted by Gasteiger charge is 2.36. The number of hydrogen-bond acceptors (Lipinski definition) is 5. The van der Waals surface area contributed by atoms with Gasteiger partial charge in [-0.05, 0) is 36.8 Å². The Morgan fingerprint density at radius 1 is 1.42 bits per heavy atom. The summed E-state index contributed by atoms with van der Waals surface area (Å²) < 4.78 is 5.64. The molecule has 24 heavy (non-hydrogen) atoms. The molecule has 130 valence electrons. The molecular formula is C17H24N4O3. The monoisotopic (exact) mass is 332 g/mol. The lowest BCUT2D eigenvalue weighted by Crippen LogP contribution is -2.44. The molecule has 1 aromatic heterocycles. The zero-order valence-electron chi connectivity index (χ0n) is 14.1. The van der Waals surface area contributed by atoms with Gasteiger partial charge in [-0.1, -0.05) is 6.42 Å². The first kappa shape index (κ1) is 16.6. The van der Waals surface area contributed by atoms with Crippen molar-refractivity contribution in [1.82, 2.24) is 10.3 Å². The molecule has 1 aliphatic rings. The molecule has 0 aliphatic heterocycles. The zero-order valence-corrected chi connectivity index (χ0v) is 14.1. The van der Waals surface area contributed by atoms with Crippen molar-refractivity contribution in [1.29, 1.82) is 0 Å². The van der Waals surface area contributed by atoms with E-state index in [1.165, 1.54) is 6.42 Å². The van der Waals surface area contributed by atoms with Gasteiger partial charge in [-0.15, -0.1) is 0 Å². The SMILES string of the molecule is CN(C)c1nc2ccc(NC(=O)NCC3(CCO)CCC3)cc2o1. The molecule has 3 rings (SSSR count). The summed E-state index contributed by atoms with van der Waals surface area (Å²) in [6.07, 6.45) is 4.03. The van der Waals surface area contributed by atoms with Gasteiger partial charge in [0, 0.05) is 39.0 Å². The number of rotatable bonds is 6. The quantitative estimate of drug-likeness (QED) is 0.756. The average molecular weight is 332 g/mol. The van der Waals surface area contributed by atoms with Crippen LogP contribution in [0.2, 0.25) is 0 Å². The molecule has 1 fully saturated rings. The van der Waals surface area contributed by atoms with Crippen LogP contribution in [0.15, 0.2) is 22.6 Å². The Kier molecular flexibility index (Phi) is 4.62. The maximum absolute atomic E-state index is 12.1. The normalized spacial score (nSPS) is 15.8. The Morgan fingerprint density at radius 3 is 2.83 bits per heavy atom. The number of carbonyl (C=O) groups excluding carboxylic acids is 1. The highest BCUT2D eigenvalue weighted by atomic mass is 16.4. The van der Waals surface area contributed by atoms with Crippen LogP contribution >= 0.6 is 0 Å². The highest BCUT2D eigenvalue weighted by Crippen LogP contribution is 2.43. The number of amides is 2. The third-order valence-corrected chi connectivity index (χ3v) is 4.70. The van der Waals surface area contributed by atoms with Crippen molar-refractivity contribution in [2.45, 2.75) is 25.7 Å². The number of aliphatic hydroxyl groups excluding tert-OH is 1. The van der Waals surface area contributed by atoms with Crippen LogP contribution in [0.1, 0.15) is 25.7 Å². The van der Waals surface area contributed by atoms with Crippen LogP contribution < -0.4 is 15.5 Å². The summed E-state index contributed by atoms with van der Waals surface area (Å²) in [6, 6.07) is 5.67. The average Bonchev–Trinajstić information content (AvgIpc) is 2.93. The summed E-state index contributed by atoms with van der Waals surface area (Å²) in [7, 11) is 3.72. The summed E-state index contributed by atoms with van der Waals surface area (Å²) in [5, 5.41) is 14.9. The van der Waals surface area contributed by atoms with E-state index in [0.29, 0.717) is 23.8 Å². The van der Waals surface area contributed by atoms with E-state index in [0.717, 1.165) is 24.8 Å². The van der Waals surface area contributed by atoms with Crippen molar-refractivity contribution < 1.29 is 14.3 Å². The second-order valence-corrected chi connectivity index (χ2v) is 6.71. The number of carbonyl (C=O) groups is 1. The first-order chi connectivity index (χ1) is 11.5. The minimum Gasteiger partial charge on any atom is -0.423 e. The molecule has 1 aromatic carbocycles. The van der Waals surface area contributed by atoms with E-state index in [-0.39, 0.29) is 18.1 Å². The molecule has 0 unspecified atom stereocenters. The smallest absolute Gasteiger partial charge is 0.319 e. The van der Waals surface area contributed by atoms with E-state index < -0.39 is 0 Å². The maximum Gasteiger partial charge on any atom is 0.319 e. The summed E-state index contributed by atoms with van der Waals surface area (Å²) in [4.78, 5) is 18.3. The topological polar surface area (TPSA) is 90.6 Å². The van der Waals surface area contributed by atoms with Gasteiger partial charge in [-0.3, -0.25) is 0 Å². The fraction of sp³-hybridized carbons (Fsp3) is 0.529. The minimum atomic E-state index is -0.245. The van der Waals surface area contributed by atoms with Gasteiger partial charge in [-0.2, -0.15) is 4.98 Å². The lowest BCUT2D eigenvalue weighted by atomic mass is 9.67. The lowest BCUT2D eigenvalue weighted by molar-refractivity contribution is 0.0892. The van der Waals surface area contributed by atoms with Gasteiger partial charge in [0.05, 0.1) is 0 Å². The van der Waals surface area contributed by atoms with E-state index in [1.54, 1.807) is 17.0 Å². The van der Waals surface area contributed by atoms with Crippen LogP contribution in [0.3, 0.4) is 0 Å². The molecule has 2 aromatic rings. The van der Waals surface area contributed by atoms with Gasteiger partial charge in [0.15, 0.2) is 5.58 Å². The second-order valence-electron chi connectivity index (χ2n) is 6.71. The third kappa shape index (κ3) is 3.46. The minimum absolute atomic E-state index is 0.0710. The molecule has 2 amide bonds. The predicted octanol–water partition coefficient (Wildman–Crippen LogP) is 2.57. The fourth-order valence-electron chi connectivity index (χ4n) is 3.05. The van der Waals surface area contributed by atoms with Crippen molar-refractivity contribution in [3.8, 4) is 0 Å². The van der Waals surface area contributed by atoms with E-state index in [1.807, 2.05) is 20.2 Å². The third-order valence-electron chi connectivity index (χ3n) is 4.70. The van der Waals surface area contributed by atoms with Crippen LogP contribution in [-0.4, -0.2) is 43.4 Å². The Hall–Kier alpha value is -2.28. The van der Waals surface area contributed by atoms with Gasteiger partial charge in [-0.25, -0.2) is 4.79 Å². The van der Waals surface area contributed by atoms with Crippen molar-refractivity contribution in [3.63, 3.8) is 0 Å². The number of oxazole rings is 1. The maximum atomic E-state index is 12.1. The zero-order chi connectivity index (χ0) is 17.2. The van der Waals surface area contributed by atoms with Crippen molar-refractivity contribution in [2.24, 2.45) is 5.41 Å². The number of urea groups is 1. The molecule has 0 spiro atoms. The standard InChI is InChI=1S/C17H24N4O3/c1-21(2)16-20-13-5-4-12(10-14(13)24-16)19-15(23)18-11-17(8-9-22)6-3-7-17/h4-5,10,22H,3,6-9,11H2,1-2H3,(H2,18,19,23). The van der Waals surface area contributed by atoms with Gasteiger partial charge in [0.2, 0.25) is 0 Å². The molecule has 0 atom stereocenters. The Balaban J connectivity index is 1.60. The lowest BCUT2D eigenvalue weighted by Gasteiger charge is -2.41. The summed E-state index contributed by atoms with van der Waals surface area (Å²) in [6.45, 7) is 0.758. The van der Waals surface area contributed by atoms with Crippen molar-refractivity contribution in [3.05, 3.63) is 18.2 Å². The molecule has 7 nitrogen and oxygen atoms in total. The number of hydrogen-bond donors (Lipinski definition) is 3. The van der Waals surface area contributed by atoms with E-state index in [9.17, 15) is 4.79 Å². The van der Waals surface area contributed by atoms with Gasteiger partial charge < -0.3 is 25.1 Å².